The predicted octanol–water partition coefficient (Wildman–Crippen LogP) is 0.0184. The van der Waals surface area contributed by atoms with Gasteiger partial charge in [-0.25, -0.2) is 13.4 Å². The van der Waals surface area contributed by atoms with E-state index in [2.05, 4.69) is 20.3 Å². The minimum atomic E-state index is -4.94. The van der Waals surface area contributed by atoms with E-state index in [-0.39, 0.29) is 17.0 Å². The van der Waals surface area contributed by atoms with Crippen LogP contribution < -0.4 is 5.32 Å². The van der Waals surface area contributed by atoms with Gasteiger partial charge in [-0.2, -0.15) is 9.97 Å². The predicted molar refractivity (Wildman–Crippen MR) is 124 cm³/mol. The molecule has 35 heavy (non-hydrogen) atoms. The summed E-state index contributed by atoms with van der Waals surface area (Å²) in [6.07, 6.45) is 0.926. The van der Waals surface area contributed by atoms with Gasteiger partial charge in [-0.05, 0) is 24.4 Å². The molecule has 196 valence electrons. The number of hydrogen-bond acceptors (Lipinski definition) is 11. The molecule has 2 aromatic heterocycles. The van der Waals surface area contributed by atoms with E-state index in [1.807, 2.05) is 0 Å². The van der Waals surface area contributed by atoms with E-state index >= 15 is 0 Å². The summed E-state index contributed by atoms with van der Waals surface area (Å²) in [6, 6.07) is 0.222. The third-order valence-corrected chi connectivity index (χ3v) is 8.38. The Hall–Kier alpha value is -1.42. The fourth-order valence-corrected chi connectivity index (χ4v) is 6.89. The van der Waals surface area contributed by atoms with Crippen LogP contribution in [0.5, 0.6) is 0 Å². The Kier molecular flexibility index (Phi) is 7.72. The molecule has 14 nitrogen and oxygen atoms in total. The van der Waals surface area contributed by atoms with Gasteiger partial charge >= 0.3 is 7.60 Å². The van der Waals surface area contributed by atoms with E-state index in [0.717, 1.165) is 31.9 Å². The topological polar surface area (TPSA) is 206 Å². The van der Waals surface area contributed by atoms with Crippen LogP contribution in [0.25, 0.3) is 11.2 Å². The molecule has 17 heteroatoms. The maximum Gasteiger partial charge on any atom is 0.355 e. The van der Waals surface area contributed by atoms with Gasteiger partial charge in [0.15, 0.2) is 38.9 Å². The second kappa shape index (κ2) is 10.1. The van der Waals surface area contributed by atoms with Crippen molar-refractivity contribution in [3.8, 4) is 0 Å². The highest BCUT2D eigenvalue weighted by Crippen LogP contribution is 2.43. The number of nitrogens with one attached hydrogen (secondary N) is 1. The number of anilines is 1. The maximum atomic E-state index is 11.7. The first-order valence-electron chi connectivity index (χ1n) is 10.9. The quantitative estimate of drug-likeness (QED) is 0.204. The highest BCUT2D eigenvalue weighted by Gasteiger charge is 2.45. The number of rotatable bonds is 9. The van der Waals surface area contributed by atoms with Gasteiger partial charge in [0, 0.05) is 12.3 Å². The molecule has 1 saturated carbocycles. The first-order valence-corrected chi connectivity index (χ1v) is 15.0. The fraction of sp³-hybridized carbons (Fsp3) is 0.722. The lowest BCUT2D eigenvalue weighted by molar-refractivity contribution is -0.0700. The van der Waals surface area contributed by atoms with Crippen LogP contribution in [0.4, 0.5) is 5.82 Å². The molecule has 2 aliphatic rings. The minimum Gasteiger partial charge on any atom is -0.387 e. The number of nitrogens with zero attached hydrogens (tertiary/aromatic N) is 4. The normalized spacial score (nSPS) is 27.0. The molecule has 3 heterocycles. The van der Waals surface area contributed by atoms with Crippen molar-refractivity contribution >= 4 is 46.0 Å². The van der Waals surface area contributed by atoms with E-state index in [9.17, 15) is 33.0 Å². The number of ether oxygens (including phenoxy) is 2. The Labute approximate surface area is 205 Å². The summed E-state index contributed by atoms with van der Waals surface area (Å²) in [5, 5.41) is 24.4. The van der Waals surface area contributed by atoms with Gasteiger partial charge < -0.3 is 34.8 Å². The lowest BCUT2D eigenvalue weighted by Gasteiger charge is -2.21. The zero-order chi connectivity index (χ0) is 25.5. The van der Waals surface area contributed by atoms with Crippen LogP contribution in [0.15, 0.2) is 6.33 Å². The first-order chi connectivity index (χ1) is 16.3. The van der Waals surface area contributed by atoms with Gasteiger partial charge in [0.25, 0.3) is 0 Å². The van der Waals surface area contributed by atoms with Crippen LogP contribution >= 0.6 is 19.2 Å². The van der Waals surface area contributed by atoms with Crippen molar-refractivity contribution in [2.45, 2.75) is 62.1 Å². The van der Waals surface area contributed by atoms with Gasteiger partial charge in [-0.1, -0.05) is 12.8 Å². The molecule has 5 atom stereocenters. The lowest BCUT2D eigenvalue weighted by atomic mass is 10.1. The van der Waals surface area contributed by atoms with E-state index < -0.39 is 60.2 Å². The Balaban J connectivity index is 1.53. The number of aliphatic hydroxyl groups is 2. The molecule has 0 aromatic carbocycles. The Bertz CT molecular complexity index is 1220. The number of sulfone groups is 1. The molecule has 0 amide bonds. The summed E-state index contributed by atoms with van der Waals surface area (Å²) in [4.78, 5) is 31.6. The zero-order valence-electron chi connectivity index (χ0n) is 18.6. The first kappa shape index (κ1) is 26.6. The van der Waals surface area contributed by atoms with Gasteiger partial charge in [-0.3, -0.25) is 9.13 Å². The van der Waals surface area contributed by atoms with Crippen molar-refractivity contribution < 1.29 is 42.5 Å². The molecule has 4 rings (SSSR count). The van der Waals surface area contributed by atoms with Crippen molar-refractivity contribution in [1.29, 1.82) is 0 Å². The van der Waals surface area contributed by atoms with Gasteiger partial charge in [0.2, 0.25) is 5.28 Å². The highest BCUT2D eigenvalue weighted by molar-refractivity contribution is 7.91. The van der Waals surface area contributed by atoms with Crippen LogP contribution in [0.2, 0.25) is 5.28 Å². The average molecular weight is 556 g/mol. The van der Waals surface area contributed by atoms with Crippen molar-refractivity contribution in [2.75, 3.05) is 23.9 Å². The molecule has 0 bridgehead atoms. The smallest absolute Gasteiger partial charge is 0.355 e. The molecule has 0 spiro atoms. The van der Waals surface area contributed by atoms with Crippen LogP contribution in [0.3, 0.4) is 0 Å². The molecule has 2 aromatic rings. The maximum absolute atomic E-state index is 11.7. The van der Waals surface area contributed by atoms with E-state index in [0.29, 0.717) is 11.3 Å². The van der Waals surface area contributed by atoms with E-state index in [4.69, 9.17) is 21.1 Å². The fourth-order valence-electron chi connectivity index (χ4n) is 4.24. The number of halogens is 1. The molecule has 1 aliphatic carbocycles. The average Bonchev–Trinajstić information content (AvgIpc) is 3.45. The van der Waals surface area contributed by atoms with Crippen molar-refractivity contribution in [3.05, 3.63) is 11.6 Å². The molecular formula is C18H27ClN5O9PS. The number of hydrogen-bond donors (Lipinski definition) is 5. The van der Waals surface area contributed by atoms with Crippen LogP contribution in [0.1, 0.15) is 31.9 Å². The monoisotopic (exact) mass is 555 g/mol. The molecule has 1 unspecified atom stereocenters. The number of aliphatic hydroxyl groups excluding tert-OH is 2. The summed E-state index contributed by atoms with van der Waals surface area (Å²) in [6.45, 7) is -0.586. The molecule has 1 aliphatic heterocycles. The highest BCUT2D eigenvalue weighted by atomic mass is 35.5. The lowest BCUT2D eigenvalue weighted by Crippen LogP contribution is -2.36. The summed E-state index contributed by atoms with van der Waals surface area (Å²) >= 11 is 6.12. The van der Waals surface area contributed by atoms with Crippen molar-refractivity contribution in [3.63, 3.8) is 0 Å². The molecule has 0 radical (unpaired) electrons. The van der Waals surface area contributed by atoms with Crippen molar-refractivity contribution in [1.82, 2.24) is 19.5 Å². The van der Waals surface area contributed by atoms with Gasteiger partial charge in [0.1, 0.15) is 18.3 Å². The third kappa shape index (κ3) is 6.12. The number of imidazole rings is 1. The van der Waals surface area contributed by atoms with E-state index in [1.165, 1.54) is 10.9 Å². The second-order valence-electron chi connectivity index (χ2n) is 8.81. The van der Waals surface area contributed by atoms with Crippen molar-refractivity contribution in [2.24, 2.45) is 0 Å². The Morgan fingerprint density at radius 2 is 1.97 bits per heavy atom. The third-order valence-electron chi connectivity index (χ3n) is 5.97. The summed E-state index contributed by atoms with van der Waals surface area (Å²) in [5.41, 5.74) is 0.634. The number of fused-ring (bicyclic) bond motifs is 1. The summed E-state index contributed by atoms with van der Waals surface area (Å²) in [5.74, 6) is -2.44. The minimum absolute atomic E-state index is 0.0575. The summed E-state index contributed by atoms with van der Waals surface area (Å²) in [7, 11) is -8.72. The Morgan fingerprint density at radius 3 is 2.60 bits per heavy atom. The second-order valence-corrected chi connectivity index (χ2v) is 13.1. The largest absolute Gasteiger partial charge is 0.387 e. The van der Waals surface area contributed by atoms with Gasteiger partial charge in [-0.15, -0.1) is 0 Å². The van der Waals surface area contributed by atoms with Crippen LogP contribution in [0, 0.1) is 0 Å². The Morgan fingerprint density at radius 1 is 1.29 bits per heavy atom. The zero-order valence-corrected chi connectivity index (χ0v) is 21.1. The molecule has 5 N–H and O–H groups in total. The molecular weight excluding hydrogens is 529 g/mol. The van der Waals surface area contributed by atoms with Crippen LogP contribution in [-0.4, -0.2) is 96.8 Å². The molecule has 2 fully saturated rings. The van der Waals surface area contributed by atoms with Gasteiger partial charge in [0.05, 0.1) is 18.7 Å². The summed E-state index contributed by atoms with van der Waals surface area (Å²) < 4.78 is 46.9. The van der Waals surface area contributed by atoms with Crippen LogP contribution in [-0.2, 0) is 23.9 Å². The SMILES string of the molecule is CS(=O)(=O)CC(OC[C@H]1O[C@@H](n2cnc3c(NC4CCCC4)nc(Cl)nc32)[C@H](O)[C@@H]1O)P(=O)(O)O. The molecule has 1 saturated heterocycles. The van der Waals surface area contributed by atoms with E-state index in [1.54, 1.807) is 0 Å². The number of aromatic nitrogens is 4. The standard InChI is InChI=1S/C18H27ClN5O9PS/c1-35(30,31)7-11(34(27,28)29)32-6-10-13(25)14(26)17(33-10)24-8-20-12-15(21-9-4-2-3-5-9)22-18(19)23-16(12)24/h8-11,13-14,17,25-26H,2-7H2,1H3,(H,21,22,23)(H2,27,28,29)/t10-,11?,13-,14-,17-/m1/s1.